The lowest BCUT2D eigenvalue weighted by Gasteiger charge is -2.17. The summed E-state index contributed by atoms with van der Waals surface area (Å²) in [4.78, 5) is 13.3. The fourth-order valence-corrected chi connectivity index (χ4v) is 2.74. The van der Waals surface area contributed by atoms with E-state index < -0.39 is 6.09 Å². The minimum atomic E-state index is -1.11. The monoisotopic (exact) mass is 316 g/mol. The molecule has 1 aliphatic heterocycles. The van der Waals surface area contributed by atoms with Crippen molar-refractivity contribution in [3.8, 4) is 16.9 Å². The summed E-state index contributed by atoms with van der Waals surface area (Å²) in [5.74, 6) is 0.533. The van der Waals surface area contributed by atoms with Gasteiger partial charge in [0, 0.05) is 18.3 Å². The van der Waals surface area contributed by atoms with Gasteiger partial charge in [0.1, 0.15) is 12.4 Å². The van der Waals surface area contributed by atoms with Crippen LogP contribution in [-0.4, -0.2) is 52.5 Å². The van der Waals surface area contributed by atoms with Crippen molar-refractivity contribution in [3.63, 3.8) is 0 Å². The Morgan fingerprint density at radius 1 is 1.35 bits per heavy atom. The average Bonchev–Trinajstić information content (AvgIpc) is 3.21. The van der Waals surface area contributed by atoms with Crippen molar-refractivity contribution in [1.82, 2.24) is 15.1 Å². The average molecular weight is 316 g/mol. The van der Waals surface area contributed by atoms with Crippen LogP contribution in [0.5, 0.6) is 5.75 Å². The van der Waals surface area contributed by atoms with E-state index >= 15 is 0 Å². The highest BCUT2D eigenvalue weighted by Crippen LogP contribution is 2.30. The van der Waals surface area contributed by atoms with Crippen molar-refractivity contribution < 1.29 is 14.6 Å². The van der Waals surface area contributed by atoms with Gasteiger partial charge in [-0.3, -0.25) is 15.3 Å². The molecule has 3 N–H and O–H groups in total. The van der Waals surface area contributed by atoms with Crippen LogP contribution in [0.15, 0.2) is 30.6 Å². The standard InChI is InChI=1S/C16H20N4O3/c21-16(22)19-14-4-3-12(13-10-17-18-11-13)9-15(14)23-8-7-20-5-1-2-6-20/h3-4,9-11,19H,1-2,5-8H2,(H,17,18)(H,21,22). The minimum Gasteiger partial charge on any atom is -0.490 e. The number of nitrogens with zero attached hydrogens (tertiary/aromatic N) is 2. The summed E-state index contributed by atoms with van der Waals surface area (Å²) in [5, 5.41) is 18.0. The van der Waals surface area contributed by atoms with E-state index in [2.05, 4.69) is 20.4 Å². The maximum Gasteiger partial charge on any atom is 0.409 e. The molecule has 1 aromatic carbocycles. The van der Waals surface area contributed by atoms with Crippen molar-refractivity contribution in [1.29, 1.82) is 0 Å². The van der Waals surface area contributed by atoms with Gasteiger partial charge in [0.2, 0.25) is 0 Å². The van der Waals surface area contributed by atoms with E-state index in [1.807, 2.05) is 12.1 Å². The largest absolute Gasteiger partial charge is 0.490 e. The van der Waals surface area contributed by atoms with Crippen molar-refractivity contribution in [2.24, 2.45) is 0 Å². The Morgan fingerprint density at radius 2 is 2.17 bits per heavy atom. The number of ether oxygens (including phenoxy) is 1. The number of amides is 1. The van der Waals surface area contributed by atoms with Gasteiger partial charge < -0.3 is 9.84 Å². The highest BCUT2D eigenvalue weighted by atomic mass is 16.5. The van der Waals surface area contributed by atoms with Crippen molar-refractivity contribution in [2.45, 2.75) is 12.8 Å². The fourth-order valence-electron chi connectivity index (χ4n) is 2.74. The third-order valence-corrected chi connectivity index (χ3v) is 3.92. The molecule has 7 heteroatoms. The number of hydrogen-bond acceptors (Lipinski definition) is 4. The molecule has 1 fully saturated rings. The van der Waals surface area contributed by atoms with Crippen LogP contribution >= 0.6 is 0 Å². The Hall–Kier alpha value is -2.54. The highest BCUT2D eigenvalue weighted by molar-refractivity contribution is 5.86. The Balaban J connectivity index is 1.73. The second kappa shape index (κ2) is 7.15. The molecule has 7 nitrogen and oxygen atoms in total. The van der Waals surface area contributed by atoms with Crippen LogP contribution in [0.3, 0.4) is 0 Å². The first-order valence-corrected chi connectivity index (χ1v) is 7.71. The van der Waals surface area contributed by atoms with E-state index in [0.717, 1.165) is 30.8 Å². The number of aromatic nitrogens is 2. The Kier molecular flexibility index (Phi) is 4.77. The van der Waals surface area contributed by atoms with Gasteiger partial charge in [-0.15, -0.1) is 0 Å². The van der Waals surface area contributed by atoms with Crippen LogP contribution in [0.1, 0.15) is 12.8 Å². The molecule has 1 amide bonds. The number of hydrogen-bond donors (Lipinski definition) is 3. The van der Waals surface area contributed by atoms with Gasteiger partial charge in [0.25, 0.3) is 0 Å². The van der Waals surface area contributed by atoms with E-state index in [-0.39, 0.29) is 0 Å². The van der Waals surface area contributed by atoms with E-state index in [1.165, 1.54) is 12.8 Å². The summed E-state index contributed by atoms with van der Waals surface area (Å²) in [6.07, 6.45) is 4.87. The van der Waals surface area contributed by atoms with Crippen LogP contribution in [0.4, 0.5) is 10.5 Å². The van der Waals surface area contributed by atoms with Gasteiger partial charge in [-0.25, -0.2) is 4.79 Å². The summed E-state index contributed by atoms with van der Waals surface area (Å²) < 4.78 is 5.84. The van der Waals surface area contributed by atoms with Crippen molar-refractivity contribution in [3.05, 3.63) is 30.6 Å². The molecule has 2 aromatic rings. The summed E-state index contributed by atoms with van der Waals surface area (Å²) in [7, 11) is 0. The van der Waals surface area contributed by atoms with Gasteiger partial charge in [-0.1, -0.05) is 6.07 Å². The Morgan fingerprint density at radius 3 is 2.87 bits per heavy atom. The molecule has 0 bridgehead atoms. The maximum atomic E-state index is 10.9. The zero-order valence-electron chi connectivity index (χ0n) is 12.8. The molecule has 0 saturated carbocycles. The number of H-pyrrole nitrogens is 1. The van der Waals surface area contributed by atoms with Crippen LogP contribution in [0, 0.1) is 0 Å². The van der Waals surface area contributed by atoms with E-state index in [1.54, 1.807) is 18.5 Å². The normalized spacial score (nSPS) is 14.8. The number of carboxylic acid groups (broad SMARTS) is 1. The predicted octanol–water partition coefficient (Wildman–Crippen LogP) is 2.64. The fraction of sp³-hybridized carbons (Fsp3) is 0.375. The molecular weight excluding hydrogens is 296 g/mol. The molecule has 23 heavy (non-hydrogen) atoms. The summed E-state index contributed by atoms with van der Waals surface area (Å²) in [6, 6.07) is 5.38. The number of nitrogens with one attached hydrogen (secondary N) is 2. The molecule has 1 aromatic heterocycles. The number of likely N-dealkylation sites (tertiary alicyclic amines) is 1. The SMILES string of the molecule is O=C(O)Nc1ccc(-c2cn[nH]c2)cc1OCCN1CCCC1. The Labute approximate surface area is 134 Å². The summed E-state index contributed by atoms with van der Waals surface area (Å²) >= 11 is 0. The summed E-state index contributed by atoms with van der Waals surface area (Å²) in [5.41, 5.74) is 2.30. The third kappa shape index (κ3) is 4.01. The lowest BCUT2D eigenvalue weighted by Crippen LogP contribution is -2.25. The van der Waals surface area contributed by atoms with E-state index in [0.29, 0.717) is 18.0 Å². The molecule has 0 aliphatic carbocycles. The number of anilines is 1. The van der Waals surface area contributed by atoms with Gasteiger partial charge in [0.15, 0.2) is 0 Å². The zero-order chi connectivity index (χ0) is 16.1. The molecule has 3 rings (SSSR count). The first kappa shape index (κ1) is 15.4. The number of benzene rings is 1. The first-order valence-electron chi connectivity index (χ1n) is 7.71. The van der Waals surface area contributed by atoms with Gasteiger partial charge >= 0.3 is 6.09 Å². The topological polar surface area (TPSA) is 90.5 Å². The van der Waals surface area contributed by atoms with E-state index in [9.17, 15) is 4.79 Å². The molecule has 0 radical (unpaired) electrons. The highest BCUT2D eigenvalue weighted by Gasteiger charge is 2.13. The summed E-state index contributed by atoms with van der Waals surface area (Å²) in [6.45, 7) is 3.60. The lowest BCUT2D eigenvalue weighted by atomic mass is 10.1. The third-order valence-electron chi connectivity index (χ3n) is 3.92. The number of aromatic amines is 1. The predicted molar refractivity (Wildman–Crippen MR) is 86.8 cm³/mol. The van der Waals surface area contributed by atoms with Crippen LogP contribution in [0.2, 0.25) is 0 Å². The first-order chi connectivity index (χ1) is 11.2. The molecule has 0 spiro atoms. The number of carbonyl (C=O) groups is 1. The van der Waals surface area contributed by atoms with Crippen LogP contribution in [0.25, 0.3) is 11.1 Å². The molecule has 122 valence electrons. The molecule has 1 saturated heterocycles. The van der Waals surface area contributed by atoms with Crippen molar-refractivity contribution in [2.75, 3.05) is 31.6 Å². The Bertz CT molecular complexity index is 651. The molecular formula is C16H20N4O3. The molecule has 0 unspecified atom stereocenters. The maximum absolute atomic E-state index is 10.9. The lowest BCUT2D eigenvalue weighted by molar-refractivity contribution is 0.209. The molecule has 2 heterocycles. The quantitative estimate of drug-likeness (QED) is 0.762. The van der Waals surface area contributed by atoms with E-state index in [4.69, 9.17) is 9.84 Å². The second-order valence-electron chi connectivity index (χ2n) is 5.53. The number of rotatable bonds is 6. The van der Waals surface area contributed by atoms with Crippen LogP contribution in [-0.2, 0) is 0 Å². The minimum absolute atomic E-state index is 0.450. The van der Waals surface area contributed by atoms with Crippen molar-refractivity contribution >= 4 is 11.8 Å². The second-order valence-corrected chi connectivity index (χ2v) is 5.53. The molecule has 0 atom stereocenters. The molecule has 1 aliphatic rings. The van der Waals surface area contributed by atoms with Crippen LogP contribution < -0.4 is 10.1 Å². The zero-order valence-corrected chi connectivity index (χ0v) is 12.8. The smallest absolute Gasteiger partial charge is 0.409 e. The van der Waals surface area contributed by atoms with Gasteiger partial charge in [-0.2, -0.15) is 5.10 Å². The van der Waals surface area contributed by atoms with Gasteiger partial charge in [-0.05, 0) is 43.6 Å². The van der Waals surface area contributed by atoms with Gasteiger partial charge in [0.05, 0.1) is 11.9 Å².